The van der Waals surface area contributed by atoms with Gasteiger partial charge < -0.3 is 9.47 Å². The maximum absolute atomic E-state index is 12.4. The highest BCUT2D eigenvalue weighted by atomic mass is 32.2. The number of hydrogen-bond acceptors (Lipinski definition) is 5. The van der Waals surface area contributed by atoms with Gasteiger partial charge in [-0.2, -0.15) is 5.10 Å². The average molecular weight is 311 g/mol. The molecule has 0 amide bonds. The van der Waals surface area contributed by atoms with Crippen LogP contribution in [0.15, 0.2) is 35.4 Å². The number of nitrogens with zero attached hydrogens (tertiary/aromatic N) is 2. The molecule has 0 bridgehead atoms. The molecule has 0 spiro atoms. The number of hydrogen-bond donors (Lipinski definition) is 1. The van der Waals surface area contributed by atoms with Crippen molar-refractivity contribution in [2.75, 3.05) is 14.2 Å². The van der Waals surface area contributed by atoms with Gasteiger partial charge in [-0.15, -0.1) is 0 Å². The third-order valence-corrected chi connectivity index (χ3v) is 4.47. The van der Waals surface area contributed by atoms with E-state index in [9.17, 15) is 8.42 Å². The Bertz CT molecular complexity index is 725. The number of benzene rings is 1. The summed E-state index contributed by atoms with van der Waals surface area (Å²) in [7, 11) is 0.970. The number of methoxy groups -OCH3 is 2. The lowest BCUT2D eigenvalue weighted by Crippen LogP contribution is -2.24. The van der Waals surface area contributed by atoms with Crippen molar-refractivity contribution in [3.05, 3.63) is 36.2 Å². The van der Waals surface area contributed by atoms with Crippen molar-refractivity contribution >= 4 is 10.0 Å². The quantitative estimate of drug-likeness (QED) is 0.857. The van der Waals surface area contributed by atoms with Gasteiger partial charge in [-0.1, -0.05) is 0 Å². The zero-order chi connectivity index (χ0) is 15.5. The van der Waals surface area contributed by atoms with Crippen LogP contribution in [0, 0.1) is 0 Å². The predicted molar refractivity (Wildman–Crippen MR) is 76.8 cm³/mol. The zero-order valence-corrected chi connectivity index (χ0v) is 12.8. The maximum Gasteiger partial charge on any atom is 0.244 e. The summed E-state index contributed by atoms with van der Waals surface area (Å²) >= 11 is 0. The third-order valence-electron chi connectivity index (χ3n) is 3.03. The van der Waals surface area contributed by atoms with E-state index >= 15 is 0 Å². The standard InChI is InChI=1S/C13H17N3O4S/c1-16-10(6-7-14-16)9-15-21(17,18)13-5-4-11(19-2)8-12(13)20-3/h4-8,15H,9H2,1-3H3. The van der Waals surface area contributed by atoms with E-state index in [1.54, 1.807) is 30.1 Å². The van der Waals surface area contributed by atoms with E-state index < -0.39 is 10.0 Å². The monoisotopic (exact) mass is 311 g/mol. The molecule has 0 saturated heterocycles. The van der Waals surface area contributed by atoms with Crippen LogP contribution in [0.5, 0.6) is 11.5 Å². The van der Waals surface area contributed by atoms with Crippen LogP contribution >= 0.6 is 0 Å². The van der Waals surface area contributed by atoms with E-state index in [2.05, 4.69) is 9.82 Å². The second-order valence-electron chi connectivity index (χ2n) is 4.29. The molecule has 7 nitrogen and oxygen atoms in total. The van der Waals surface area contributed by atoms with Crippen LogP contribution in [0.4, 0.5) is 0 Å². The minimum absolute atomic E-state index is 0.0629. The molecular formula is C13H17N3O4S. The van der Waals surface area contributed by atoms with Crippen LogP contribution < -0.4 is 14.2 Å². The molecule has 0 aliphatic carbocycles. The molecule has 0 fully saturated rings. The normalized spacial score (nSPS) is 11.4. The number of nitrogens with one attached hydrogen (secondary N) is 1. The largest absolute Gasteiger partial charge is 0.497 e. The topological polar surface area (TPSA) is 82.5 Å². The van der Waals surface area contributed by atoms with Crippen molar-refractivity contribution in [2.24, 2.45) is 7.05 Å². The predicted octanol–water partition coefficient (Wildman–Crippen LogP) is 0.916. The molecule has 0 saturated carbocycles. The summed E-state index contributed by atoms with van der Waals surface area (Å²) in [5.41, 5.74) is 0.756. The summed E-state index contributed by atoms with van der Waals surface area (Å²) in [4.78, 5) is 0.0629. The highest BCUT2D eigenvalue weighted by molar-refractivity contribution is 7.89. The van der Waals surface area contributed by atoms with E-state index in [1.165, 1.54) is 26.4 Å². The molecule has 2 rings (SSSR count). The minimum Gasteiger partial charge on any atom is -0.497 e. The zero-order valence-electron chi connectivity index (χ0n) is 12.0. The van der Waals surface area contributed by atoms with Crippen molar-refractivity contribution in [3.63, 3.8) is 0 Å². The van der Waals surface area contributed by atoms with Gasteiger partial charge >= 0.3 is 0 Å². The lowest BCUT2D eigenvalue weighted by molar-refractivity contribution is 0.386. The Balaban J connectivity index is 2.25. The second kappa shape index (κ2) is 6.15. The maximum atomic E-state index is 12.4. The van der Waals surface area contributed by atoms with Gasteiger partial charge in [-0.3, -0.25) is 4.68 Å². The summed E-state index contributed by atoms with van der Waals surface area (Å²) in [6.45, 7) is 0.147. The molecule has 1 heterocycles. The van der Waals surface area contributed by atoms with Gasteiger partial charge in [0.25, 0.3) is 0 Å². The van der Waals surface area contributed by atoms with E-state index in [-0.39, 0.29) is 17.2 Å². The first-order valence-electron chi connectivity index (χ1n) is 6.16. The van der Waals surface area contributed by atoms with Crippen LogP contribution in [-0.2, 0) is 23.6 Å². The molecule has 0 unspecified atom stereocenters. The lowest BCUT2D eigenvalue weighted by Gasteiger charge is -2.12. The molecule has 1 N–H and O–H groups in total. The Morgan fingerprint density at radius 1 is 1.24 bits per heavy atom. The van der Waals surface area contributed by atoms with Crippen molar-refractivity contribution in [3.8, 4) is 11.5 Å². The lowest BCUT2D eigenvalue weighted by atomic mass is 10.3. The van der Waals surface area contributed by atoms with Crippen LogP contribution in [0.3, 0.4) is 0 Å². The fraction of sp³-hybridized carbons (Fsp3) is 0.308. The Morgan fingerprint density at radius 2 is 2.00 bits per heavy atom. The summed E-state index contributed by atoms with van der Waals surface area (Å²) < 4.78 is 39.0. The van der Waals surface area contributed by atoms with E-state index in [0.29, 0.717) is 5.75 Å². The first-order valence-corrected chi connectivity index (χ1v) is 7.65. The van der Waals surface area contributed by atoms with Gasteiger partial charge in [0.05, 0.1) is 26.5 Å². The molecule has 0 radical (unpaired) electrons. The highest BCUT2D eigenvalue weighted by Gasteiger charge is 2.20. The van der Waals surface area contributed by atoms with E-state index in [4.69, 9.17) is 9.47 Å². The van der Waals surface area contributed by atoms with Crippen molar-refractivity contribution in [1.82, 2.24) is 14.5 Å². The van der Waals surface area contributed by atoms with Gasteiger partial charge in [-0.25, -0.2) is 13.1 Å². The van der Waals surface area contributed by atoms with E-state index in [1.807, 2.05) is 0 Å². The summed E-state index contributed by atoms with van der Waals surface area (Å²) in [5, 5.41) is 3.99. The average Bonchev–Trinajstić information content (AvgIpc) is 2.89. The highest BCUT2D eigenvalue weighted by Crippen LogP contribution is 2.28. The fourth-order valence-electron chi connectivity index (χ4n) is 1.82. The van der Waals surface area contributed by atoms with Crippen molar-refractivity contribution in [2.45, 2.75) is 11.4 Å². The Labute approximate surface area is 123 Å². The number of aryl methyl sites for hydroxylation is 1. The van der Waals surface area contributed by atoms with Gasteiger partial charge in [0.2, 0.25) is 10.0 Å². The van der Waals surface area contributed by atoms with Gasteiger partial charge in [0.15, 0.2) is 0 Å². The van der Waals surface area contributed by atoms with Crippen LogP contribution in [-0.4, -0.2) is 32.4 Å². The van der Waals surface area contributed by atoms with Crippen LogP contribution in [0.2, 0.25) is 0 Å². The van der Waals surface area contributed by atoms with Crippen molar-refractivity contribution in [1.29, 1.82) is 0 Å². The molecule has 0 aliphatic rings. The van der Waals surface area contributed by atoms with E-state index in [0.717, 1.165) is 5.69 Å². The van der Waals surface area contributed by atoms with Crippen molar-refractivity contribution < 1.29 is 17.9 Å². The number of sulfonamides is 1. The molecule has 114 valence electrons. The number of ether oxygens (including phenoxy) is 2. The number of rotatable bonds is 6. The molecule has 1 aromatic heterocycles. The molecular weight excluding hydrogens is 294 g/mol. The smallest absolute Gasteiger partial charge is 0.244 e. The summed E-state index contributed by atoms with van der Waals surface area (Å²) in [6.07, 6.45) is 1.61. The minimum atomic E-state index is -3.69. The third kappa shape index (κ3) is 3.34. The first-order chi connectivity index (χ1) is 9.97. The molecule has 8 heteroatoms. The van der Waals surface area contributed by atoms with Crippen LogP contribution in [0.25, 0.3) is 0 Å². The first kappa shape index (κ1) is 15.3. The molecule has 21 heavy (non-hydrogen) atoms. The summed E-state index contributed by atoms with van der Waals surface area (Å²) in [6, 6.07) is 6.29. The van der Waals surface area contributed by atoms with Gasteiger partial charge in [0.1, 0.15) is 16.4 Å². The number of aromatic nitrogens is 2. The van der Waals surface area contributed by atoms with Crippen LogP contribution in [0.1, 0.15) is 5.69 Å². The SMILES string of the molecule is COc1ccc(S(=O)(=O)NCc2ccnn2C)c(OC)c1. The molecule has 1 aromatic carbocycles. The molecule has 0 aliphatic heterocycles. The fourth-order valence-corrected chi connectivity index (χ4v) is 2.97. The Kier molecular flexibility index (Phi) is 4.49. The second-order valence-corrected chi connectivity index (χ2v) is 6.02. The molecule has 2 aromatic rings. The Morgan fingerprint density at radius 3 is 2.57 bits per heavy atom. The Hall–Kier alpha value is -2.06. The summed E-state index contributed by atoms with van der Waals surface area (Å²) in [5.74, 6) is 0.754. The molecule has 0 atom stereocenters. The van der Waals surface area contributed by atoms with Gasteiger partial charge in [0, 0.05) is 19.3 Å². The van der Waals surface area contributed by atoms with Gasteiger partial charge in [-0.05, 0) is 18.2 Å².